The lowest BCUT2D eigenvalue weighted by molar-refractivity contribution is 0.598. The minimum atomic E-state index is -0.710. The Labute approximate surface area is 109 Å². The summed E-state index contributed by atoms with van der Waals surface area (Å²) in [5, 5.41) is 0.198. The summed E-state index contributed by atoms with van der Waals surface area (Å²) in [4.78, 5) is 0. The first-order valence-corrected chi connectivity index (χ1v) is 5.83. The first-order valence-electron chi connectivity index (χ1n) is 5.45. The van der Waals surface area contributed by atoms with Gasteiger partial charge in [0.25, 0.3) is 0 Å². The Hall–Kier alpha value is -1.45. The van der Waals surface area contributed by atoms with Crippen molar-refractivity contribution < 1.29 is 8.78 Å². The molecule has 1 nitrogen and oxygen atoms in total. The second kappa shape index (κ2) is 5.04. The van der Waals surface area contributed by atoms with Crippen molar-refractivity contribution in [2.45, 2.75) is 13.0 Å². The van der Waals surface area contributed by atoms with Gasteiger partial charge in [-0.3, -0.25) is 0 Å². The van der Waals surface area contributed by atoms with E-state index in [0.29, 0.717) is 11.1 Å². The van der Waals surface area contributed by atoms with Gasteiger partial charge in [-0.1, -0.05) is 35.4 Å². The highest BCUT2D eigenvalue weighted by Gasteiger charge is 2.16. The third-order valence-electron chi connectivity index (χ3n) is 2.78. The van der Waals surface area contributed by atoms with Gasteiger partial charge in [0.2, 0.25) is 0 Å². The molecular formula is C14H12ClF2N. The molecule has 0 saturated heterocycles. The SMILES string of the molecule is Cc1ccc(F)c(C(N)c2ccc(F)cc2Cl)c1. The van der Waals surface area contributed by atoms with Crippen molar-refractivity contribution in [3.05, 3.63) is 69.7 Å². The van der Waals surface area contributed by atoms with E-state index in [1.54, 1.807) is 12.1 Å². The molecule has 0 aromatic heterocycles. The first kappa shape index (κ1) is 13.0. The van der Waals surface area contributed by atoms with Crippen LogP contribution in [0.1, 0.15) is 22.7 Å². The van der Waals surface area contributed by atoms with Crippen molar-refractivity contribution >= 4 is 11.6 Å². The minimum Gasteiger partial charge on any atom is -0.320 e. The van der Waals surface area contributed by atoms with Crippen LogP contribution in [0.3, 0.4) is 0 Å². The molecule has 1 unspecified atom stereocenters. The standard InChI is InChI=1S/C14H12ClF2N/c1-8-2-5-13(17)11(6-8)14(18)10-4-3-9(16)7-12(10)15/h2-7,14H,18H2,1H3. The van der Waals surface area contributed by atoms with Crippen LogP contribution in [-0.4, -0.2) is 0 Å². The maximum atomic E-state index is 13.7. The average molecular weight is 268 g/mol. The molecule has 18 heavy (non-hydrogen) atoms. The van der Waals surface area contributed by atoms with Gasteiger partial charge in [-0.2, -0.15) is 0 Å². The van der Waals surface area contributed by atoms with Crippen LogP contribution in [0.25, 0.3) is 0 Å². The second-order valence-electron chi connectivity index (χ2n) is 4.17. The fourth-order valence-electron chi connectivity index (χ4n) is 1.82. The number of benzene rings is 2. The van der Waals surface area contributed by atoms with Crippen molar-refractivity contribution in [2.24, 2.45) is 5.73 Å². The summed E-state index contributed by atoms with van der Waals surface area (Å²) >= 11 is 5.92. The molecule has 0 aliphatic heterocycles. The molecule has 2 aromatic rings. The molecule has 94 valence electrons. The Morgan fingerprint density at radius 3 is 2.44 bits per heavy atom. The zero-order valence-corrected chi connectivity index (χ0v) is 10.5. The van der Waals surface area contributed by atoms with Gasteiger partial charge in [-0.05, 0) is 30.7 Å². The van der Waals surface area contributed by atoms with Gasteiger partial charge in [0.1, 0.15) is 11.6 Å². The Bertz CT molecular complexity index is 584. The van der Waals surface area contributed by atoms with Crippen LogP contribution in [0.5, 0.6) is 0 Å². The number of rotatable bonds is 2. The van der Waals surface area contributed by atoms with E-state index in [4.69, 9.17) is 17.3 Å². The van der Waals surface area contributed by atoms with Gasteiger partial charge < -0.3 is 5.73 Å². The molecule has 0 fully saturated rings. The predicted molar refractivity (Wildman–Crippen MR) is 68.6 cm³/mol. The first-order chi connectivity index (χ1) is 8.49. The largest absolute Gasteiger partial charge is 0.320 e. The molecule has 0 spiro atoms. The predicted octanol–water partition coefficient (Wildman–Crippen LogP) is 3.97. The van der Waals surface area contributed by atoms with E-state index in [9.17, 15) is 8.78 Å². The van der Waals surface area contributed by atoms with E-state index in [-0.39, 0.29) is 5.02 Å². The number of halogens is 3. The lowest BCUT2D eigenvalue weighted by atomic mass is 9.97. The Kier molecular flexibility index (Phi) is 3.64. The zero-order chi connectivity index (χ0) is 13.3. The quantitative estimate of drug-likeness (QED) is 0.875. The Morgan fingerprint density at radius 2 is 1.78 bits per heavy atom. The van der Waals surface area contributed by atoms with Crippen molar-refractivity contribution in [1.82, 2.24) is 0 Å². The lowest BCUT2D eigenvalue weighted by Crippen LogP contribution is -2.14. The monoisotopic (exact) mass is 267 g/mol. The van der Waals surface area contributed by atoms with Gasteiger partial charge in [0, 0.05) is 10.6 Å². The molecule has 4 heteroatoms. The molecule has 0 heterocycles. The molecule has 0 aliphatic rings. The third-order valence-corrected chi connectivity index (χ3v) is 3.11. The second-order valence-corrected chi connectivity index (χ2v) is 4.58. The molecule has 0 radical (unpaired) electrons. The van der Waals surface area contributed by atoms with E-state index >= 15 is 0 Å². The van der Waals surface area contributed by atoms with E-state index in [1.807, 2.05) is 6.92 Å². The summed E-state index contributed by atoms with van der Waals surface area (Å²) in [5.41, 5.74) is 7.75. The molecule has 2 rings (SSSR count). The summed E-state index contributed by atoms with van der Waals surface area (Å²) in [6, 6.07) is 7.89. The fourth-order valence-corrected chi connectivity index (χ4v) is 2.11. The van der Waals surface area contributed by atoms with E-state index < -0.39 is 17.7 Å². The van der Waals surface area contributed by atoms with E-state index in [0.717, 1.165) is 5.56 Å². The van der Waals surface area contributed by atoms with Crippen LogP contribution in [0.15, 0.2) is 36.4 Å². The number of hydrogen-bond donors (Lipinski definition) is 1. The zero-order valence-electron chi connectivity index (χ0n) is 9.75. The summed E-state index contributed by atoms with van der Waals surface area (Å²) < 4.78 is 26.7. The number of nitrogens with two attached hydrogens (primary N) is 1. The van der Waals surface area contributed by atoms with Crippen LogP contribution >= 0.6 is 11.6 Å². The summed E-state index contributed by atoms with van der Waals surface area (Å²) in [7, 11) is 0. The molecular weight excluding hydrogens is 256 g/mol. The van der Waals surface area contributed by atoms with Gasteiger partial charge in [-0.25, -0.2) is 8.78 Å². The van der Waals surface area contributed by atoms with Crippen LogP contribution in [0.4, 0.5) is 8.78 Å². The molecule has 0 aliphatic carbocycles. The van der Waals surface area contributed by atoms with Crippen molar-refractivity contribution in [3.63, 3.8) is 0 Å². The molecule has 0 amide bonds. The van der Waals surface area contributed by atoms with Crippen LogP contribution < -0.4 is 5.73 Å². The highest BCUT2D eigenvalue weighted by atomic mass is 35.5. The highest BCUT2D eigenvalue weighted by Crippen LogP contribution is 2.29. The molecule has 2 N–H and O–H groups in total. The molecule has 0 bridgehead atoms. The molecule has 0 saturated carbocycles. The van der Waals surface area contributed by atoms with E-state index in [2.05, 4.69) is 0 Å². The van der Waals surface area contributed by atoms with Crippen LogP contribution in [-0.2, 0) is 0 Å². The maximum absolute atomic E-state index is 13.7. The molecule has 1 atom stereocenters. The summed E-state index contributed by atoms with van der Waals surface area (Å²) in [6.45, 7) is 1.85. The topological polar surface area (TPSA) is 26.0 Å². The third kappa shape index (κ3) is 2.52. The van der Waals surface area contributed by atoms with Gasteiger partial charge in [0.05, 0.1) is 6.04 Å². The minimum absolute atomic E-state index is 0.198. The van der Waals surface area contributed by atoms with Crippen LogP contribution in [0, 0.1) is 18.6 Å². The van der Waals surface area contributed by atoms with Gasteiger partial charge >= 0.3 is 0 Å². The van der Waals surface area contributed by atoms with Gasteiger partial charge in [-0.15, -0.1) is 0 Å². The van der Waals surface area contributed by atoms with Crippen LogP contribution in [0.2, 0.25) is 5.02 Å². The van der Waals surface area contributed by atoms with E-state index in [1.165, 1.54) is 24.3 Å². The Balaban J connectivity index is 2.47. The van der Waals surface area contributed by atoms with Crippen molar-refractivity contribution in [2.75, 3.05) is 0 Å². The molecule has 2 aromatic carbocycles. The van der Waals surface area contributed by atoms with Gasteiger partial charge in [0.15, 0.2) is 0 Å². The van der Waals surface area contributed by atoms with Crippen molar-refractivity contribution in [3.8, 4) is 0 Å². The maximum Gasteiger partial charge on any atom is 0.128 e. The number of hydrogen-bond acceptors (Lipinski definition) is 1. The normalized spacial score (nSPS) is 12.5. The summed E-state index contributed by atoms with van der Waals surface area (Å²) in [5.74, 6) is -0.839. The summed E-state index contributed by atoms with van der Waals surface area (Å²) in [6.07, 6.45) is 0. The van der Waals surface area contributed by atoms with Crippen molar-refractivity contribution in [1.29, 1.82) is 0 Å². The lowest BCUT2D eigenvalue weighted by Gasteiger charge is -2.15. The fraction of sp³-hybridized carbons (Fsp3) is 0.143. The smallest absolute Gasteiger partial charge is 0.128 e. The number of aryl methyl sites for hydroxylation is 1. The highest BCUT2D eigenvalue weighted by molar-refractivity contribution is 6.31. The Morgan fingerprint density at radius 1 is 1.06 bits per heavy atom. The average Bonchev–Trinajstić information content (AvgIpc) is 2.31.